The first kappa shape index (κ1) is 22.7. The molecule has 4 rings (SSSR count). The van der Waals surface area contributed by atoms with E-state index in [-0.39, 0.29) is 16.9 Å². The van der Waals surface area contributed by atoms with Gasteiger partial charge in [-0.05, 0) is 42.7 Å². The molecular formula is C23H28FN3O4S. The Balaban J connectivity index is 1.63. The minimum absolute atomic E-state index is 0.141. The van der Waals surface area contributed by atoms with Crippen molar-refractivity contribution in [3.63, 3.8) is 0 Å². The fourth-order valence-electron chi connectivity index (χ4n) is 4.12. The monoisotopic (exact) mass is 461 g/mol. The highest BCUT2D eigenvalue weighted by Crippen LogP contribution is 2.32. The van der Waals surface area contributed by atoms with Gasteiger partial charge in [-0.15, -0.1) is 0 Å². The fraction of sp³-hybridized carbons (Fsp3) is 0.435. The van der Waals surface area contributed by atoms with Crippen LogP contribution in [0.15, 0.2) is 47.4 Å². The van der Waals surface area contributed by atoms with E-state index in [2.05, 4.69) is 10.2 Å². The van der Waals surface area contributed by atoms with Crippen molar-refractivity contribution in [1.82, 2.24) is 4.31 Å². The van der Waals surface area contributed by atoms with E-state index in [0.717, 1.165) is 24.9 Å². The van der Waals surface area contributed by atoms with Gasteiger partial charge in [-0.2, -0.15) is 4.31 Å². The Morgan fingerprint density at radius 2 is 1.72 bits per heavy atom. The van der Waals surface area contributed by atoms with Crippen molar-refractivity contribution in [1.29, 1.82) is 0 Å². The highest BCUT2D eigenvalue weighted by molar-refractivity contribution is 7.89. The summed E-state index contributed by atoms with van der Waals surface area (Å²) in [7, 11) is -3.65. The molecule has 0 saturated carbocycles. The Labute approximate surface area is 188 Å². The summed E-state index contributed by atoms with van der Waals surface area (Å²) >= 11 is 0. The van der Waals surface area contributed by atoms with E-state index >= 15 is 0 Å². The number of piperidine rings is 1. The maximum absolute atomic E-state index is 14.0. The van der Waals surface area contributed by atoms with Crippen molar-refractivity contribution in [2.24, 2.45) is 0 Å². The highest BCUT2D eigenvalue weighted by Gasteiger charge is 2.27. The second-order valence-corrected chi connectivity index (χ2v) is 10.00. The van der Waals surface area contributed by atoms with Crippen LogP contribution >= 0.6 is 0 Å². The third-order valence-electron chi connectivity index (χ3n) is 5.86. The molecule has 0 spiro atoms. The van der Waals surface area contributed by atoms with Crippen molar-refractivity contribution in [3.05, 3.63) is 53.8 Å². The second kappa shape index (κ2) is 9.97. The molecule has 0 unspecified atom stereocenters. The lowest BCUT2D eigenvalue weighted by atomic mass is 10.1. The third kappa shape index (κ3) is 5.11. The van der Waals surface area contributed by atoms with Crippen LogP contribution in [0.25, 0.3) is 0 Å². The van der Waals surface area contributed by atoms with Gasteiger partial charge in [0.15, 0.2) is 0 Å². The highest BCUT2D eigenvalue weighted by atomic mass is 32.2. The van der Waals surface area contributed by atoms with Crippen molar-refractivity contribution in [2.45, 2.75) is 30.6 Å². The predicted octanol–water partition coefficient (Wildman–Crippen LogP) is 3.02. The van der Waals surface area contributed by atoms with Crippen LogP contribution in [0.5, 0.6) is 0 Å². The number of halogens is 1. The van der Waals surface area contributed by atoms with Crippen LogP contribution < -0.4 is 10.2 Å². The smallest absolute Gasteiger partial charge is 0.243 e. The minimum Gasteiger partial charge on any atom is -0.378 e. The first-order valence-corrected chi connectivity index (χ1v) is 12.4. The molecule has 9 heteroatoms. The number of hydrogen-bond donors (Lipinski definition) is 1. The molecule has 0 aromatic heterocycles. The summed E-state index contributed by atoms with van der Waals surface area (Å²) in [6.07, 6.45) is 2.58. The summed E-state index contributed by atoms with van der Waals surface area (Å²) in [6, 6.07) is 11.0. The van der Waals surface area contributed by atoms with E-state index in [1.54, 1.807) is 30.3 Å². The number of sulfonamides is 1. The van der Waals surface area contributed by atoms with E-state index in [4.69, 9.17) is 4.74 Å². The molecule has 7 nitrogen and oxygen atoms in total. The molecule has 0 atom stereocenters. The molecular weight excluding hydrogens is 433 g/mol. The number of amides is 1. The van der Waals surface area contributed by atoms with Gasteiger partial charge in [-0.3, -0.25) is 4.79 Å². The summed E-state index contributed by atoms with van der Waals surface area (Å²) in [5, 5.41) is 2.83. The topological polar surface area (TPSA) is 79.0 Å². The number of hydrogen-bond acceptors (Lipinski definition) is 5. The van der Waals surface area contributed by atoms with Crippen LogP contribution in [0.1, 0.15) is 24.8 Å². The molecule has 0 aliphatic carbocycles. The van der Waals surface area contributed by atoms with E-state index in [0.29, 0.717) is 45.1 Å². The molecule has 2 aromatic carbocycles. The Kier molecular flexibility index (Phi) is 7.07. The maximum Gasteiger partial charge on any atom is 0.243 e. The van der Waals surface area contributed by atoms with Crippen LogP contribution in [-0.4, -0.2) is 58.0 Å². The maximum atomic E-state index is 14.0. The van der Waals surface area contributed by atoms with E-state index < -0.39 is 21.7 Å². The minimum atomic E-state index is -3.65. The Bertz CT molecular complexity index is 1060. The van der Waals surface area contributed by atoms with E-state index in [1.165, 1.54) is 16.4 Å². The van der Waals surface area contributed by atoms with Crippen LogP contribution in [0.2, 0.25) is 0 Å². The van der Waals surface area contributed by atoms with Gasteiger partial charge in [0.2, 0.25) is 15.9 Å². The first-order valence-electron chi connectivity index (χ1n) is 11.0. The third-order valence-corrected chi connectivity index (χ3v) is 7.75. The zero-order chi connectivity index (χ0) is 22.6. The van der Waals surface area contributed by atoms with Gasteiger partial charge in [-0.25, -0.2) is 12.8 Å². The van der Waals surface area contributed by atoms with E-state index in [9.17, 15) is 17.6 Å². The number of carbonyl (C=O) groups excluding carboxylic acids is 1. The van der Waals surface area contributed by atoms with E-state index in [1.807, 2.05) is 0 Å². The number of nitrogens with one attached hydrogen (secondary N) is 1. The summed E-state index contributed by atoms with van der Waals surface area (Å²) < 4.78 is 47.3. The number of morpholine rings is 1. The Morgan fingerprint density at radius 3 is 2.44 bits per heavy atom. The van der Waals surface area contributed by atoms with Crippen molar-refractivity contribution < 1.29 is 22.3 Å². The quantitative estimate of drug-likeness (QED) is 0.716. The van der Waals surface area contributed by atoms with Crippen LogP contribution in [0, 0.1) is 5.82 Å². The molecule has 0 radical (unpaired) electrons. The van der Waals surface area contributed by atoms with Crippen LogP contribution in [0.4, 0.5) is 15.8 Å². The summed E-state index contributed by atoms with van der Waals surface area (Å²) in [5.74, 6) is -0.852. The van der Waals surface area contributed by atoms with Gasteiger partial charge in [0.05, 0.1) is 35.9 Å². The molecule has 32 heavy (non-hydrogen) atoms. The summed E-state index contributed by atoms with van der Waals surface area (Å²) in [6.45, 7) is 3.38. The lowest BCUT2D eigenvalue weighted by Gasteiger charge is -2.31. The van der Waals surface area contributed by atoms with Crippen molar-refractivity contribution >= 4 is 27.3 Å². The number of anilines is 2. The summed E-state index contributed by atoms with van der Waals surface area (Å²) in [4.78, 5) is 15.0. The molecule has 1 N–H and O–H groups in total. The Hall–Kier alpha value is -2.49. The normalized spacial score (nSPS) is 17.8. The van der Waals surface area contributed by atoms with Gasteiger partial charge in [0.25, 0.3) is 0 Å². The van der Waals surface area contributed by atoms with Crippen molar-refractivity contribution in [2.75, 3.05) is 49.6 Å². The number of carbonyl (C=O) groups is 1. The lowest BCUT2D eigenvalue weighted by Crippen LogP contribution is -2.37. The van der Waals surface area contributed by atoms with Gasteiger partial charge in [-0.1, -0.05) is 24.6 Å². The lowest BCUT2D eigenvalue weighted by molar-refractivity contribution is -0.115. The number of benzene rings is 2. The van der Waals surface area contributed by atoms with Gasteiger partial charge < -0.3 is 15.0 Å². The Morgan fingerprint density at radius 1 is 1.00 bits per heavy atom. The number of ether oxygens (including phenoxy) is 1. The average Bonchev–Trinajstić information content (AvgIpc) is 2.81. The molecule has 2 aliphatic rings. The second-order valence-electron chi connectivity index (χ2n) is 8.06. The zero-order valence-electron chi connectivity index (χ0n) is 17.9. The van der Waals surface area contributed by atoms with Gasteiger partial charge in [0, 0.05) is 26.2 Å². The largest absolute Gasteiger partial charge is 0.378 e. The molecule has 0 bridgehead atoms. The molecule has 2 saturated heterocycles. The first-order chi connectivity index (χ1) is 15.4. The number of nitrogens with zero attached hydrogens (tertiary/aromatic N) is 2. The van der Waals surface area contributed by atoms with Gasteiger partial charge in [0.1, 0.15) is 5.82 Å². The standard InChI is InChI=1S/C23H28FN3O4S/c24-20-7-3-2-6-18(20)16-23(28)25-21-17-19(32(29,30)27-10-4-1-5-11-27)8-9-22(21)26-12-14-31-15-13-26/h2-3,6-9,17H,1,4-5,10-16H2,(H,25,28). The summed E-state index contributed by atoms with van der Waals surface area (Å²) in [5.41, 5.74) is 1.43. The molecule has 2 aromatic rings. The van der Waals surface area contributed by atoms with Crippen LogP contribution in [0.3, 0.4) is 0 Å². The zero-order valence-corrected chi connectivity index (χ0v) is 18.7. The van der Waals surface area contributed by atoms with Crippen LogP contribution in [-0.2, 0) is 26.0 Å². The van der Waals surface area contributed by atoms with Gasteiger partial charge >= 0.3 is 0 Å². The molecule has 1 amide bonds. The molecule has 2 fully saturated rings. The fourth-order valence-corrected chi connectivity index (χ4v) is 5.66. The molecule has 2 aliphatic heterocycles. The number of rotatable bonds is 6. The molecule has 172 valence electrons. The van der Waals surface area contributed by atoms with Crippen molar-refractivity contribution in [3.8, 4) is 0 Å². The predicted molar refractivity (Wildman–Crippen MR) is 121 cm³/mol. The average molecular weight is 462 g/mol. The molecule has 2 heterocycles. The SMILES string of the molecule is O=C(Cc1ccccc1F)Nc1cc(S(=O)(=O)N2CCCCC2)ccc1N1CCOCC1.